The molecule has 1 aromatic carbocycles. The summed E-state index contributed by atoms with van der Waals surface area (Å²) < 4.78 is 9.98. The molecule has 0 saturated heterocycles. The van der Waals surface area contributed by atoms with Gasteiger partial charge in [-0.25, -0.2) is 4.79 Å². The molecule has 3 aromatic rings. The molecule has 7 heteroatoms. The molecule has 0 spiro atoms. The van der Waals surface area contributed by atoms with Gasteiger partial charge in [0.1, 0.15) is 5.76 Å². The number of nitrogens with zero attached hydrogens (tertiary/aromatic N) is 1. The highest BCUT2D eigenvalue weighted by molar-refractivity contribution is 7.16. The number of benzene rings is 1. The van der Waals surface area contributed by atoms with E-state index in [1.807, 2.05) is 42.5 Å². The molecule has 6 nitrogen and oxygen atoms in total. The van der Waals surface area contributed by atoms with Crippen LogP contribution >= 0.6 is 11.3 Å². The lowest BCUT2D eigenvalue weighted by Gasteiger charge is -2.10. The molecule has 2 aromatic heterocycles. The van der Waals surface area contributed by atoms with Crippen molar-refractivity contribution in [2.75, 3.05) is 5.32 Å². The minimum absolute atomic E-state index is 0.281. The maximum absolute atomic E-state index is 12.0. The molecule has 0 aliphatic rings. The molecule has 138 valence electrons. The van der Waals surface area contributed by atoms with Crippen LogP contribution in [0.4, 0.5) is 5.82 Å². The molecule has 2 heterocycles. The molecular formula is C20H18N2O4S. The van der Waals surface area contributed by atoms with Crippen molar-refractivity contribution in [1.82, 2.24) is 5.16 Å². The van der Waals surface area contributed by atoms with Gasteiger partial charge in [-0.2, -0.15) is 0 Å². The van der Waals surface area contributed by atoms with E-state index in [1.165, 1.54) is 13.0 Å². The maximum Gasteiger partial charge on any atom is 0.331 e. The van der Waals surface area contributed by atoms with Crippen molar-refractivity contribution >= 4 is 35.1 Å². The lowest BCUT2D eigenvalue weighted by atomic mass is 10.2. The smallest absolute Gasteiger partial charge is 0.331 e. The van der Waals surface area contributed by atoms with E-state index in [0.717, 1.165) is 15.3 Å². The monoisotopic (exact) mass is 382 g/mol. The molecule has 1 N–H and O–H groups in total. The second-order valence-corrected chi connectivity index (χ2v) is 6.91. The summed E-state index contributed by atoms with van der Waals surface area (Å²) in [6.07, 6.45) is 2.03. The Balaban J connectivity index is 1.54. The Labute approximate surface area is 160 Å². The molecule has 27 heavy (non-hydrogen) atoms. The van der Waals surface area contributed by atoms with Crippen LogP contribution in [0.1, 0.15) is 17.6 Å². The number of ether oxygens (including phenoxy) is 1. The van der Waals surface area contributed by atoms with Gasteiger partial charge in [0.25, 0.3) is 5.91 Å². The number of carbonyl (C=O) groups is 2. The van der Waals surface area contributed by atoms with E-state index in [2.05, 4.69) is 10.5 Å². The Kier molecular flexibility index (Phi) is 5.83. The number of rotatable bonds is 6. The second kappa shape index (κ2) is 8.46. The average Bonchev–Trinajstić information content (AvgIpc) is 3.29. The Morgan fingerprint density at radius 2 is 2.00 bits per heavy atom. The third-order valence-corrected chi connectivity index (χ3v) is 4.71. The van der Waals surface area contributed by atoms with Gasteiger partial charge in [0.05, 0.1) is 0 Å². The van der Waals surface area contributed by atoms with Crippen molar-refractivity contribution in [2.45, 2.75) is 20.0 Å². The van der Waals surface area contributed by atoms with E-state index in [9.17, 15) is 9.59 Å². The van der Waals surface area contributed by atoms with Gasteiger partial charge in [-0.15, -0.1) is 11.3 Å². The van der Waals surface area contributed by atoms with Crippen molar-refractivity contribution in [3.63, 3.8) is 0 Å². The van der Waals surface area contributed by atoms with Crippen LogP contribution in [0.3, 0.4) is 0 Å². The van der Waals surface area contributed by atoms with E-state index >= 15 is 0 Å². The third kappa shape index (κ3) is 5.15. The first-order valence-corrected chi connectivity index (χ1v) is 9.11. The van der Waals surface area contributed by atoms with E-state index in [4.69, 9.17) is 9.26 Å². The fourth-order valence-corrected chi connectivity index (χ4v) is 3.19. The van der Waals surface area contributed by atoms with Gasteiger partial charge in [0.2, 0.25) is 0 Å². The van der Waals surface area contributed by atoms with Crippen molar-refractivity contribution in [1.29, 1.82) is 0 Å². The second-order valence-electron chi connectivity index (χ2n) is 5.79. The van der Waals surface area contributed by atoms with Gasteiger partial charge >= 0.3 is 5.97 Å². The average molecular weight is 382 g/mol. The Bertz CT molecular complexity index is 959. The summed E-state index contributed by atoms with van der Waals surface area (Å²) in [5, 5.41) is 6.18. The highest BCUT2D eigenvalue weighted by Crippen LogP contribution is 2.28. The van der Waals surface area contributed by atoms with E-state index in [0.29, 0.717) is 5.76 Å². The predicted molar refractivity (Wildman–Crippen MR) is 104 cm³/mol. The zero-order valence-corrected chi connectivity index (χ0v) is 15.7. The van der Waals surface area contributed by atoms with Crippen LogP contribution in [0.5, 0.6) is 0 Å². The number of carbonyl (C=O) groups excluding carboxylic acids is 2. The summed E-state index contributed by atoms with van der Waals surface area (Å²) in [5.74, 6) is -0.220. The molecule has 1 amide bonds. The minimum atomic E-state index is -0.956. The number of hydrogen-bond acceptors (Lipinski definition) is 6. The Hall–Kier alpha value is -3.19. The maximum atomic E-state index is 12.0. The summed E-state index contributed by atoms with van der Waals surface area (Å²) in [6.45, 7) is 3.21. The minimum Gasteiger partial charge on any atom is -0.449 e. The summed E-state index contributed by atoms with van der Waals surface area (Å²) in [4.78, 5) is 26.0. The predicted octanol–water partition coefficient (Wildman–Crippen LogP) is 4.30. The normalized spacial score (nSPS) is 12.1. The zero-order chi connectivity index (χ0) is 19.2. The van der Waals surface area contributed by atoms with E-state index < -0.39 is 18.0 Å². The molecular weight excluding hydrogens is 364 g/mol. The highest BCUT2D eigenvalue weighted by Gasteiger charge is 2.18. The third-order valence-electron chi connectivity index (χ3n) is 3.61. The first-order chi connectivity index (χ1) is 13.0. The summed E-state index contributed by atoms with van der Waals surface area (Å²) in [5.41, 5.74) is 1.12. The first-order valence-electron chi connectivity index (χ1n) is 8.29. The van der Waals surface area contributed by atoms with Gasteiger partial charge in [0, 0.05) is 21.9 Å². The van der Waals surface area contributed by atoms with Crippen LogP contribution in [-0.2, 0) is 14.3 Å². The fourth-order valence-electron chi connectivity index (χ4n) is 2.27. The largest absolute Gasteiger partial charge is 0.449 e. The summed E-state index contributed by atoms with van der Waals surface area (Å²) in [6, 6.07) is 15.5. The van der Waals surface area contributed by atoms with E-state index in [1.54, 1.807) is 30.4 Å². The Morgan fingerprint density at radius 3 is 2.70 bits per heavy atom. The zero-order valence-electron chi connectivity index (χ0n) is 14.8. The van der Waals surface area contributed by atoms with Gasteiger partial charge < -0.3 is 14.6 Å². The standard InChI is InChI=1S/C20H18N2O4S/c1-13-12-18(22-26-13)21-20(24)14(2)25-19(23)11-9-16-8-10-17(27-16)15-6-4-3-5-7-15/h3-12,14H,1-2H3,(H,21,22,24)/b11-9+/t14-/m0/s1. The van der Waals surface area contributed by atoms with E-state index in [-0.39, 0.29) is 5.82 Å². The van der Waals surface area contributed by atoms with Gasteiger partial charge in [-0.1, -0.05) is 35.5 Å². The van der Waals surface area contributed by atoms with Crippen LogP contribution in [0.25, 0.3) is 16.5 Å². The van der Waals surface area contributed by atoms with Crippen molar-refractivity contribution in [3.05, 3.63) is 65.2 Å². The van der Waals surface area contributed by atoms with Crippen LogP contribution in [0.15, 0.2) is 59.1 Å². The molecule has 0 unspecified atom stereocenters. The van der Waals surface area contributed by atoms with Crippen molar-refractivity contribution in [3.8, 4) is 10.4 Å². The number of amides is 1. The molecule has 0 aliphatic heterocycles. The molecule has 0 bridgehead atoms. The molecule has 0 fully saturated rings. The number of anilines is 1. The SMILES string of the molecule is Cc1cc(NC(=O)[C@H](C)OC(=O)/C=C/c2ccc(-c3ccccc3)s2)no1. The molecule has 0 aliphatic carbocycles. The lowest BCUT2D eigenvalue weighted by Crippen LogP contribution is -2.29. The fraction of sp³-hybridized carbons (Fsp3) is 0.150. The number of thiophene rings is 1. The van der Waals surface area contributed by atoms with Gasteiger partial charge in [-0.3, -0.25) is 4.79 Å². The molecule has 1 atom stereocenters. The molecule has 0 saturated carbocycles. The number of nitrogens with one attached hydrogen (secondary N) is 1. The van der Waals surface area contributed by atoms with Gasteiger partial charge in [-0.05, 0) is 37.6 Å². The molecule has 0 radical (unpaired) electrons. The van der Waals surface area contributed by atoms with Gasteiger partial charge in [0.15, 0.2) is 11.9 Å². The Morgan fingerprint density at radius 1 is 1.22 bits per heavy atom. The van der Waals surface area contributed by atoms with Crippen LogP contribution in [0.2, 0.25) is 0 Å². The van der Waals surface area contributed by atoms with Crippen molar-refractivity contribution in [2.24, 2.45) is 0 Å². The lowest BCUT2D eigenvalue weighted by molar-refractivity contribution is -0.148. The number of aryl methyl sites for hydroxylation is 1. The number of esters is 1. The van der Waals surface area contributed by atoms with Crippen molar-refractivity contribution < 1.29 is 18.8 Å². The number of hydrogen-bond donors (Lipinski definition) is 1. The van der Waals surface area contributed by atoms with Crippen LogP contribution in [-0.4, -0.2) is 23.1 Å². The summed E-state index contributed by atoms with van der Waals surface area (Å²) >= 11 is 1.56. The quantitative estimate of drug-likeness (QED) is 0.508. The van der Waals surface area contributed by atoms with Crippen LogP contribution in [0, 0.1) is 6.92 Å². The number of aromatic nitrogens is 1. The summed E-state index contributed by atoms with van der Waals surface area (Å²) in [7, 11) is 0. The molecule has 3 rings (SSSR count). The topological polar surface area (TPSA) is 81.4 Å². The van der Waals surface area contributed by atoms with Crippen LogP contribution < -0.4 is 5.32 Å². The highest BCUT2D eigenvalue weighted by atomic mass is 32.1. The first kappa shape index (κ1) is 18.6.